The monoisotopic (exact) mass is 390 g/mol. The lowest BCUT2D eigenvalue weighted by atomic mass is 9.96. The van der Waals surface area contributed by atoms with Crippen LogP contribution in [0.4, 0.5) is 0 Å². The molecule has 0 amide bonds. The summed E-state index contributed by atoms with van der Waals surface area (Å²) in [6.45, 7) is -0.530. The highest BCUT2D eigenvalue weighted by molar-refractivity contribution is 5.83. The van der Waals surface area contributed by atoms with Crippen molar-refractivity contribution >= 4 is 16.9 Å². The zero-order chi connectivity index (χ0) is 20.3. The second kappa shape index (κ2) is 8.50. The first kappa shape index (κ1) is 20.0. The Morgan fingerprint density at radius 2 is 1.61 bits per heavy atom. The number of carboxylic acids is 1. The van der Waals surface area contributed by atoms with Gasteiger partial charge < -0.3 is 14.6 Å². The lowest BCUT2D eigenvalue weighted by Crippen LogP contribution is -2.43. The van der Waals surface area contributed by atoms with E-state index in [4.69, 9.17) is 9.47 Å². The number of nitrogens with zero attached hydrogens (tertiary/aromatic N) is 2. The van der Waals surface area contributed by atoms with E-state index in [1.807, 2.05) is 0 Å². The summed E-state index contributed by atoms with van der Waals surface area (Å²) in [5.74, 6) is -0.463. The third kappa shape index (κ3) is 3.76. The molecular weight excluding hydrogens is 364 g/mol. The Kier molecular flexibility index (Phi) is 6.06. The standard InChI is InChI=1S/C20H26N2O6/c1-27-16-10-14-15(11-17(16)28-2)21(12-18(23)24)20(26)22(19(14)25)13-8-6-4-3-5-7-9-13/h10-11,13H,3-9,12H2,1-2H3,(H,23,24). The van der Waals surface area contributed by atoms with Gasteiger partial charge in [-0.05, 0) is 18.9 Å². The number of carboxylic acid groups (broad SMARTS) is 1. The van der Waals surface area contributed by atoms with Gasteiger partial charge in [0, 0.05) is 12.1 Å². The highest BCUT2D eigenvalue weighted by atomic mass is 16.5. The Morgan fingerprint density at radius 3 is 2.18 bits per heavy atom. The molecule has 0 radical (unpaired) electrons. The number of hydrogen-bond donors (Lipinski definition) is 1. The van der Waals surface area contributed by atoms with Gasteiger partial charge in [0.05, 0.1) is 25.1 Å². The van der Waals surface area contributed by atoms with Crippen LogP contribution in [-0.2, 0) is 11.3 Å². The molecule has 1 aliphatic carbocycles. The van der Waals surface area contributed by atoms with E-state index in [0.717, 1.165) is 43.1 Å². The first-order valence-corrected chi connectivity index (χ1v) is 9.60. The second-order valence-electron chi connectivity index (χ2n) is 7.16. The van der Waals surface area contributed by atoms with Crippen molar-refractivity contribution in [1.82, 2.24) is 9.13 Å². The van der Waals surface area contributed by atoms with Gasteiger partial charge in [0.15, 0.2) is 11.5 Å². The summed E-state index contributed by atoms with van der Waals surface area (Å²) in [5, 5.41) is 9.58. The van der Waals surface area contributed by atoms with E-state index >= 15 is 0 Å². The van der Waals surface area contributed by atoms with Gasteiger partial charge in [-0.15, -0.1) is 0 Å². The van der Waals surface area contributed by atoms with Crippen LogP contribution in [0.3, 0.4) is 0 Å². The Bertz CT molecular complexity index is 983. The predicted octanol–water partition coefficient (Wildman–Crippen LogP) is 2.55. The molecule has 0 aliphatic heterocycles. The van der Waals surface area contributed by atoms with Crippen molar-refractivity contribution in [2.45, 2.75) is 57.5 Å². The van der Waals surface area contributed by atoms with Crippen molar-refractivity contribution in [3.63, 3.8) is 0 Å². The van der Waals surface area contributed by atoms with Crippen LogP contribution in [0.1, 0.15) is 51.0 Å². The fourth-order valence-corrected chi connectivity index (χ4v) is 4.02. The molecule has 1 aliphatic rings. The molecule has 0 spiro atoms. The number of aromatic nitrogens is 2. The molecule has 0 unspecified atom stereocenters. The molecule has 0 bridgehead atoms. The van der Waals surface area contributed by atoms with E-state index in [1.165, 1.54) is 37.3 Å². The van der Waals surface area contributed by atoms with Crippen molar-refractivity contribution in [3.05, 3.63) is 33.0 Å². The average Bonchev–Trinajstić information content (AvgIpc) is 2.65. The van der Waals surface area contributed by atoms with Gasteiger partial charge >= 0.3 is 11.7 Å². The molecular formula is C20H26N2O6. The Morgan fingerprint density at radius 1 is 1.04 bits per heavy atom. The SMILES string of the molecule is COc1cc2c(=O)n(C3CCCCCCC3)c(=O)n(CC(=O)O)c2cc1OC. The Labute approximate surface area is 162 Å². The molecule has 0 saturated heterocycles. The molecule has 1 aromatic heterocycles. The summed E-state index contributed by atoms with van der Waals surface area (Å²) in [6, 6.07) is 2.79. The number of hydrogen-bond acceptors (Lipinski definition) is 5. The molecule has 1 aromatic carbocycles. The Balaban J connectivity index is 2.30. The number of fused-ring (bicyclic) bond motifs is 1. The smallest absolute Gasteiger partial charge is 0.332 e. The molecule has 2 aromatic rings. The summed E-state index contributed by atoms with van der Waals surface area (Å²) in [6.07, 6.45) is 6.68. The van der Waals surface area contributed by atoms with Crippen molar-refractivity contribution in [2.75, 3.05) is 14.2 Å². The van der Waals surface area contributed by atoms with E-state index in [-0.39, 0.29) is 16.9 Å². The molecule has 0 atom stereocenters. The zero-order valence-corrected chi connectivity index (χ0v) is 16.3. The average molecular weight is 390 g/mol. The van der Waals surface area contributed by atoms with Crippen LogP contribution >= 0.6 is 0 Å². The largest absolute Gasteiger partial charge is 0.493 e. The first-order valence-electron chi connectivity index (χ1n) is 9.60. The van der Waals surface area contributed by atoms with Gasteiger partial charge in [-0.1, -0.05) is 32.1 Å². The van der Waals surface area contributed by atoms with E-state index < -0.39 is 23.8 Å². The van der Waals surface area contributed by atoms with Gasteiger partial charge in [-0.2, -0.15) is 0 Å². The fraction of sp³-hybridized carbons (Fsp3) is 0.550. The van der Waals surface area contributed by atoms with Crippen molar-refractivity contribution in [1.29, 1.82) is 0 Å². The van der Waals surface area contributed by atoms with Crippen LogP contribution in [-0.4, -0.2) is 34.4 Å². The summed E-state index contributed by atoms with van der Waals surface area (Å²) in [4.78, 5) is 37.9. The molecule has 1 saturated carbocycles. The van der Waals surface area contributed by atoms with Crippen LogP contribution in [0, 0.1) is 0 Å². The summed E-state index contributed by atoms with van der Waals surface area (Å²) >= 11 is 0. The van der Waals surface area contributed by atoms with Gasteiger partial charge in [0.25, 0.3) is 5.56 Å². The van der Waals surface area contributed by atoms with E-state index in [9.17, 15) is 19.5 Å². The van der Waals surface area contributed by atoms with Crippen LogP contribution in [0.2, 0.25) is 0 Å². The number of aliphatic carboxylic acids is 1. The van der Waals surface area contributed by atoms with Crippen LogP contribution in [0.25, 0.3) is 10.9 Å². The first-order chi connectivity index (χ1) is 13.5. The number of ether oxygens (including phenoxy) is 2. The maximum absolute atomic E-state index is 13.3. The summed E-state index contributed by atoms with van der Waals surface area (Å²) < 4.78 is 13.0. The van der Waals surface area contributed by atoms with Crippen molar-refractivity contribution in [2.24, 2.45) is 0 Å². The van der Waals surface area contributed by atoms with E-state index in [2.05, 4.69) is 0 Å². The third-order valence-corrected chi connectivity index (χ3v) is 5.41. The fourth-order valence-electron chi connectivity index (χ4n) is 4.02. The highest BCUT2D eigenvalue weighted by Gasteiger charge is 2.23. The minimum atomic E-state index is -1.15. The minimum Gasteiger partial charge on any atom is -0.493 e. The van der Waals surface area contributed by atoms with E-state index in [1.54, 1.807) is 0 Å². The summed E-state index contributed by atoms with van der Waals surface area (Å²) in [7, 11) is 2.91. The number of rotatable bonds is 5. The topological polar surface area (TPSA) is 99.8 Å². The maximum Gasteiger partial charge on any atom is 0.332 e. The van der Waals surface area contributed by atoms with Crippen LogP contribution < -0.4 is 20.7 Å². The summed E-state index contributed by atoms with van der Waals surface area (Å²) in [5.41, 5.74) is -0.761. The molecule has 8 heteroatoms. The molecule has 152 valence electrons. The van der Waals surface area contributed by atoms with E-state index in [0.29, 0.717) is 11.5 Å². The van der Waals surface area contributed by atoms with Gasteiger partial charge in [-0.3, -0.25) is 18.7 Å². The number of benzene rings is 1. The lowest BCUT2D eigenvalue weighted by molar-refractivity contribution is -0.137. The Hall–Kier alpha value is -2.77. The highest BCUT2D eigenvalue weighted by Crippen LogP contribution is 2.31. The minimum absolute atomic E-state index is 0.224. The third-order valence-electron chi connectivity index (χ3n) is 5.41. The van der Waals surface area contributed by atoms with Crippen LogP contribution in [0.5, 0.6) is 11.5 Å². The molecule has 28 heavy (non-hydrogen) atoms. The molecule has 1 N–H and O–H groups in total. The predicted molar refractivity (Wildman–Crippen MR) is 105 cm³/mol. The van der Waals surface area contributed by atoms with Gasteiger partial charge in [-0.25, -0.2) is 4.79 Å². The van der Waals surface area contributed by atoms with Gasteiger partial charge in [0.1, 0.15) is 6.54 Å². The molecule has 8 nitrogen and oxygen atoms in total. The second-order valence-corrected chi connectivity index (χ2v) is 7.16. The normalized spacial score (nSPS) is 15.8. The zero-order valence-electron chi connectivity index (χ0n) is 16.3. The molecule has 3 rings (SSSR count). The van der Waals surface area contributed by atoms with Gasteiger partial charge in [0.2, 0.25) is 0 Å². The molecule has 1 heterocycles. The lowest BCUT2D eigenvalue weighted by Gasteiger charge is -2.23. The maximum atomic E-state index is 13.3. The number of methoxy groups -OCH3 is 2. The number of carbonyl (C=O) groups is 1. The molecule has 1 fully saturated rings. The van der Waals surface area contributed by atoms with Crippen molar-refractivity contribution in [3.8, 4) is 11.5 Å². The van der Waals surface area contributed by atoms with Crippen molar-refractivity contribution < 1.29 is 19.4 Å². The van der Waals surface area contributed by atoms with Crippen LogP contribution in [0.15, 0.2) is 21.7 Å². The quantitative estimate of drug-likeness (QED) is 0.842.